The maximum atomic E-state index is 13.7. The molecule has 1 aromatic heterocycles. The van der Waals surface area contributed by atoms with Gasteiger partial charge in [0.25, 0.3) is 11.8 Å². The Kier molecular flexibility index (Phi) is 10.2. The summed E-state index contributed by atoms with van der Waals surface area (Å²) < 4.78 is 19.2. The molecule has 2 N–H and O–H groups in total. The second kappa shape index (κ2) is 13.8. The van der Waals surface area contributed by atoms with Gasteiger partial charge in [-0.1, -0.05) is 45.0 Å². The number of aliphatic hydroxyl groups is 1. The number of rotatable bonds is 9. The standard InChI is InChI=1S/C38H50N4O7Si/c1-36(2,3)41(35(45)47-24-32(28-13-11-19-39-22-28)49-50(8,9)37(4,5)6)23-30-17-15-27-20-26(16-18-31(27)48-30)25-12-10-14-29(21-25)42-34(44)38(7,46)33(43)40-42/h10-14,16,18-22,30,32,46H,15,17,23-24H2,1-9H3,(H,40,43)/t30-,32-,38?/m0/s1. The topological polar surface area (TPSA) is 131 Å². The molecule has 2 aliphatic rings. The molecule has 0 radical (unpaired) electrons. The molecule has 2 aliphatic heterocycles. The van der Waals surface area contributed by atoms with Crippen molar-refractivity contribution in [1.29, 1.82) is 0 Å². The average Bonchev–Trinajstić information content (AvgIpc) is 3.26. The summed E-state index contributed by atoms with van der Waals surface area (Å²) in [5, 5.41) is 11.3. The van der Waals surface area contributed by atoms with Crippen LogP contribution in [0.5, 0.6) is 5.75 Å². The van der Waals surface area contributed by atoms with Crippen molar-refractivity contribution in [3.8, 4) is 16.9 Å². The quantitative estimate of drug-likeness (QED) is 0.189. The van der Waals surface area contributed by atoms with Gasteiger partial charge < -0.3 is 19.0 Å². The molecule has 12 heteroatoms. The number of nitrogens with zero attached hydrogens (tertiary/aromatic N) is 3. The molecule has 1 fully saturated rings. The molecular formula is C38H50N4O7Si. The van der Waals surface area contributed by atoms with E-state index in [0.29, 0.717) is 18.7 Å². The molecule has 5 rings (SSSR count). The first-order valence-electron chi connectivity index (χ1n) is 17.1. The van der Waals surface area contributed by atoms with Gasteiger partial charge in [-0.25, -0.2) is 9.80 Å². The van der Waals surface area contributed by atoms with Crippen molar-refractivity contribution in [2.75, 3.05) is 18.2 Å². The summed E-state index contributed by atoms with van der Waals surface area (Å²) in [6.45, 7) is 18.5. The Morgan fingerprint density at radius 2 is 1.82 bits per heavy atom. The fourth-order valence-corrected chi connectivity index (χ4v) is 6.95. The Morgan fingerprint density at radius 1 is 1.10 bits per heavy atom. The first-order valence-corrected chi connectivity index (χ1v) is 20.0. The van der Waals surface area contributed by atoms with Crippen molar-refractivity contribution in [3.05, 3.63) is 78.1 Å². The molecule has 2 aromatic carbocycles. The van der Waals surface area contributed by atoms with Gasteiger partial charge in [0.05, 0.1) is 12.2 Å². The molecule has 11 nitrogen and oxygen atoms in total. The van der Waals surface area contributed by atoms with E-state index in [4.69, 9.17) is 13.9 Å². The van der Waals surface area contributed by atoms with E-state index in [2.05, 4.69) is 50.3 Å². The first kappa shape index (κ1) is 37.0. The Labute approximate surface area is 296 Å². The van der Waals surface area contributed by atoms with Gasteiger partial charge in [-0.15, -0.1) is 0 Å². The van der Waals surface area contributed by atoms with E-state index < -0.39 is 43.5 Å². The van der Waals surface area contributed by atoms with Crippen LogP contribution in [0.1, 0.15) is 72.1 Å². The van der Waals surface area contributed by atoms with Crippen LogP contribution in [-0.4, -0.2) is 71.6 Å². The molecule has 0 spiro atoms. The predicted molar refractivity (Wildman–Crippen MR) is 194 cm³/mol. The summed E-state index contributed by atoms with van der Waals surface area (Å²) in [6, 6.07) is 16.9. The number of pyridine rings is 1. The highest BCUT2D eigenvalue weighted by Crippen LogP contribution is 2.40. The Balaban J connectivity index is 1.27. The SMILES string of the molecule is CC1(O)C(=O)NN(c2cccc(-c3ccc4c(c3)CC[C@@H](CN(C(=O)OC[C@H](O[Si](C)(C)C(C)(C)C)c3cccnc3)C(C)(C)C)O4)c2)C1=O. The summed E-state index contributed by atoms with van der Waals surface area (Å²) in [7, 11) is -2.19. The minimum absolute atomic E-state index is 0.0232. The van der Waals surface area contributed by atoms with E-state index in [0.717, 1.165) is 39.4 Å². The van der Waals surface area contributed by atoms with Crippen LogP contribution in [0.4, 0.5) is 10.5 Å². The average molecular weight is 703 g/mol. The number of carbonyl (C=O) groups is 3. The fraction of sp³-hybridized carbons (Fsp3) is 0.474. The van der Waals surface area contributed by atoms with Gasteiger partial charge in [0, 0.05) is 23.5 Å². The number of ether oxygens (including phenoxy) is 2. The summed E-state index contributed by atoms with van der Waals surface area (Å²) >= 11 is 0. The molecule has 50 heavy (non-hydrogen) atoms. The molecule has 1 unspecified atom stereocenters. The fourth-order valence-electron chi connectivity index (χ4n) is 5.68. The minimum atomic E-state index is -2.19. The molecule has 3 amide bonds. The number of carbonyl (C=O) groups excluding carboxylic acids is 3. The van der Waals surface area contributed by atoms with Crippen molar-refractivity contribution in [1.82, 2.24) is 15.3 Å². The lowest BCUT2D eigenvalue weighted by atomic mass is 9.96. The van der Waals surface area contributed by atoms with Crippen molar-refractivity contribution in [2.45, 2.75) is 103 Å². The van der Waals surface area contributed by atoms with E-state index in [-0.39, 0.29) is 17.7 Å². The van der Waals surface area contributed by atoms with E-state index in [1.54, 1.807) is 35.5 Å². The van der Waals surface area contributed by atoms with E-state index in [9.17, 15) is 19.5 Å². The van der Waals surface area contributed by atoms with Crippen molar-refractivity contribution < 1.29 is 33.4 Å². The Morgan fingerprint density at radius 3 is 2.44 bits per heavy atom. The highest BCUT2D eigenvalue weighted by atomic mass is 28.4. The predicted octanol–water partition coefficient (Wildman–Crippen LogP) is 6.57. The molecule has 3 aromatic rings. The first-order chi connectivity index (χ1) is 23.3. The van der Waals surface area contributed by atoms with Crippen molar-refractivity contribution in [2.24, 2.45) is 0 Å². The monoisotopic (exact) mass is 702 g/mol. The number of hydrogen-bond donors (Lipinski definition) is 2. The van der Waals surface area contributed by atoms with E-state index in [1.165, 1.54) is 6.92 Å². The van der Waals surface area contributed by atoms with Gasteiger partial charge in [-0.2, -0.15) is 0 Å². The molecular weight excluding hydrogens is 653 g/mol. The van der Waals surface area contributed by atoms with Crippen LogP contribution in [0.2, 0.25) is 18.1 Å². The van der Waals surface area contributed by atoms with Crippen molar-refractivity contribution in [3.63, 3.8) is 0 Å². The zero-order chi connectivity index (χ0) is 36.6. The number of anilines is 1. The third kappa shape index (κ3) is 7.87. The van der Waals surface area contributed by atoms with Gasteiger partial charge in [0.15, 0.2) is 8.32 Å². The van der Waals surface area contributed by atoms with Gasteiger partial charge in [0.2, 0.25) is 5.60 Å². The zero-order valence-electron chi connectivity index (χ0n) is 30.6. The number of hydrogen-bond acceptors (Lipinski definition) is 8. The largest absolute Gasteiger partial charge is 0.488 e. The number of benzene rings is 2. The second-order valence-electron chi connectivity index (χ2n) is 15.8. The molecule has 3 atom stereocenters. The normalized spacial score (nSPS) is 20.1. The molecule has 0 aliphatic carbocycles. The Bertz CT molecular complexity index is 1730. The number of hydrazine groups is 1. The van der Waals surface area contributed by atoms with E-state index >= 15 is 0 Å². The number of aryl methyl sites for hydroxylation is 1. The van der Waals surface area contributed by atoms with Crippen LogP contribution in [0, 0.1) is 0 Å². The summed E-state index contributed by atoms with van der Waals surface area (Å²) in [5.74, 6) is -0.748. The minimum Gasteiger partial charge on any atom is -0.488 e. The molecule has 0 saturated carbocycles. The van der Waals surface area contributed by atoms with E-state index in [1.807, 2.05) is 51.1 Å². The maximum absolute atomic E-state index is 13.7. The van der Waals surface area contributed by atoms with Crippen LogP contribution >= 0.6 is 0 Å². The second-order valence-corrected chi connectivity index (χ2v) is 20.6. The van der Waals surface area contributed by atoms with Gasteiger partial charge in [-0.3, -0.25) is 24.9 Å². The lowest BCUT2D eigenvalue weighted by molar-refractivity contribution is -0.142. The van der Waals surface area contributed by atoms with Gasteiger partial charge >= 0.3 is 6.09 Å². The molecule has 0 bridgehead atoms. The lowest BCUT2D eigenvalue weighted by Gasteiger charge is -2.40. The number of fused-ring (bicyclic) bond motifs is 1. The third-order valence-corrected chi connectivity index (χ3v) is 14.4. The van der Waals surface area contributed by atoms with Crippen LogP contribution in [0.3, 0.4) is 0 Å². The van der Waals surface area contributed by atoms with Crippen LogP contribution in [0.15, 0.2) is 67.0 Å². The highest BCUT2D eigenvalue weighted by molar-refractivity contribution is 6.74. The van der Waals surface area contributed by atoms with Crippen LogP contribution < -0.4 is 15.2 Å². The molecule has 3 heterocycles. The summed E-state index contributed by atoms with van der Waals surface area (Å²) in [6.07, 6.45) is 3.83. The van der Waals surface area contributed by atoms with Crippen molar-refractivity contribution >= 4 is 31.9 Å². The van der Waals surface area contributed by atoms with Crippen LogP contribution in [0.25, 0.3) is 11.1 Å². The maximum Gasteiger partial charge on any atom is 0.410 e. The molecule has 1 saturated heterocycles. The van der Waals surface area contributed by atoms with Gasteiger partial charge in [0.1, 0.15) is 24.6 Å². The summed E-state index contributed by atoms with van der Waals surface area (Å²) in [4.78, 5) is 44.5. The van der Waals surface area contributed by atoms with Crippen LogP contribution in [-0.2, 0) is 25.2 Å². The lowest BCUT2D eigenvalue weighted by Crippen LogP contribution is -2.51. The number of nitrogens with one attached hydrogen (secondary N) is 1. The Hall–Kier alpha value is -4.26. The zero-order valence-corrected chi connectivity index (χ0v) is 31.6. The third-order valence-electron chi connectivity index (χ3n) is 9.88. The number of amides is 3. The summed E-state index contributed by atoms with van der Waals surface area (Å²) in [5.41, 5.74) is 3.91. The number of aromatic nitrogens is 1. The highest BCUT2D eigenvalue weighted by Gasteiger charge is 2.50. The molecule has 268 valence electrons. The smallest absolute Gasteiger partial charge is 0.410 e. The van der Waals surface area contributed by atoms with Gasteiger partial charge in [-0.05, 0) is 106 Å².